The standard InChI is InChI=1S/C16H11BrClFN2O/c17-14-10-3-1-2-4-13(10)21-15(14)16(22)20-8-9-5-6-12(19)11(18)7-9/h1-7,21H,8H2,(H,20,22). The van der Waals surface area contributed by atoms with Crippen molar-refractivity contribution in [2.45, 2.75) is 6.54 Å². The highest BCUT2D eigenvalue weighted by atomic mass is 79.9. The van der Waals surface area contributed by atoms with Gasteiger partial charge in [-0.25, -0.2) is 4.39 Å². The number of amides is 1. The van der Waals surface area contributed by atoms with E-state index in [9.17, 15) is 9.18 Å². The van der Waals surface area contributed by atoms with Crippen molar-refractivity contribution in [3.8, 4) is 0 Å². The Labute approximate surface area is 139 Å². The zero-order chi connectivity index (χ0) is 15.7. The first-order chi connectivity index (χ1) is 10.6. The molecule has 0 aliphatic carbocycles. The largest absolute Gasteiger partial charge is 0.350 e. The van der Waals surface area contributed by atoms with E-state index in [0.717, 1.165) is 20.9 Å². The number of hydrogen-bond acceptors (Lipinski definition) is 1. The van der Waals surface area contributed by atoms with Crippen LogP contribution in [0.2, 0.25) is 5.02 Å². The lowest BCUT2D eigenvalue weighted by Gasteiger charge is -2.05. The zero-order valence-corrected chi connectivity index (χ0v) is 13.6. The van der Waals surface area contributed by atoms with E-state index in [1.165, 1.54) is 12.1 Å². The molecule has 0 fully saturated rings. The zero-order valence-electron chi connectivity index (χ0n) is 11.3. The first-order valence-electron chi connectivity index (χ1n) is 6.54. The minimum atomic E-state index is -0.477. The highest BCUT2D eigenvalue weighted by molar-refractivity contribution is 9.10. The van der Waals surface area contributed by atoms with Gasteiger partial charge in [-0.05, 0) is 39.7 Å². The molecule has 1 heterocycles. The Bertz CT molecular complexity index is 862. The molecule has 3 nitrogen and oxygen atoms in total. The third kappa shape index (κ3) is 2.87. The van der Waals surface area contributed by atoms with Crippen molar-refractivity contribution < 1.29 is 9.18 Å². The highest BCUT2D eigenvalue weighted by Gasteiger charge is 2.15. The van der Waals surface area contributed by atoms with Crippen LogP contribution in [-0.4, -0.2) is 10.9 Å². The second-order valence-corrected chi connectivity index (χ2v) is 5.99. The summed E-state index contributed by atoms with van der Waals surface area (Å²) in [5, 5.41) is 3.76. The Morgan fingerprint density at radius 2 is 2.05 bits per heavy atom. The normalized spacial score (nSPS) is 10.9. The summed E-state index contributed by atoms with van der Waals surface area (Å²) in [6.07, 6.45) is 0. The maximum absolute atomic E-state index is 13.1. The number of carbonyl (C=O) groups excluding carboxylic acids is 1. The Balaban J connectivity index is 1.78. The molecule has 0 atom stereocenters. The van der Waals surface area contributed by atoms with Gasteiger partial charge in [-0.3, -0.25) is 4.79 Å². The second-order valence-electron chi connectivity index (χ2n) is 4.79. The van der Waals surface area contributed by atoms with E-state index in [1.54, 1.807) is 6.07 Å². The van der Waals surface area contributed by atoms with Crippen LogP contribution in [0.1, 0.15) is 16.1 Å². The van der Waals surface area contributed by atoms with E-state index in [2.05, 4.69) is 26.2 Å². The number of H-pyrrole nitrogens is 1. The fraction of sp³-hybridized carbons (Fsp3) is 0.0625. The SMILES string of the molecule is O=C(NCc1ccc(F)c(Cl)c1)c1[nH]c2ccccc2c1Br. The van der Waals surface area contributed by atoms with Crippen LogP contribution in [0.15, 0.2) is 46.9 Å². The summed E-state index contributed by atoms with van der Waals surface area (Å²) < 4.78 is 13.8. The molecule has 2 aromatic carbocycles. The lowest BCUT2D eigenvalue weighted by atomic mass is 10.2. The summed E-state index contributed by atoms with van der Waals surface area (Å²) >= 11 is 9.16. The predicted octanol–water partition coefficient (Wildman–Crippen LogP) is 4.65. The lowest BCUT2D eigenvalue weighted by molar-refractivity contribution is 0.0946. The van der Waals surface area contributed by atoms with Crippen LogP contribution in [-0.2, 0) is 6.54 Å². The summed E-state index contributed by atoms with van der Waals surface area (Å²) in [5.41, 5.74) is 2.06. The molecule has 1 amide bonds. The molecular weight excluding hydrogens is 371 g/mol. The van der Waals surface area contributed by atoms with Gasteiger partial charge in [-0.1, -0.05) is 35.9 Å². The van der Waals surface area contributed by atoms with E-state index in [1.807, 2.05) is 24.3 Å². The van der Waals surface area contributed by atoms with E-state index in [0.29, 0.717) is 5.69 Å². The number of nitrogens with one attached hydrogen (secondary N) is 2. The molecule has 1 aromatic heterocycles. The minimum absolute atomic E-state index is 0.0403. The van der Waals surface area contributed by atoms with E-state index < -0.39 is 5.82 Å². The molecule has 3 aromatic rings. The van der Waals surface area contributed by atoms with Gasteiger partial charge < -0.3 is 10.3 Å². The number of aromatic nitrogens is 1. The Hall–Kier alpha value is -1.85. The number of halogens is 3. The summed E-state index contributed by atoms with van der Waals surface area (Å²) in [5.74, 6) is -0.723. The number of aromatic amines is 1. The van der Waals surface area contributed by atoms with E-state index in [-0.39, 0.29) is 17.5 Å². The molecule has 0 bridgehead atoms. The van der Waals surface area contributed by atoms with Gasteiger partial charge in [0.1, 0.15) is 11.5 Å². The number of rotatable bonds is 3. The van der Waals surface area contributed by atoms with Gasteiger partial charge in [-0.15, -0.1) is 0 Å². The average molecular weight is 382 g/mol. The summed E-state index contributed by atoms with van der Waals surface area (Å²) in [7, 11) is 0. The second kappa shape index (κ2) is 6.10. The predicted molar refractivity (Wildman–Crippen MR) is 88.6 cm³/mol. The third-order valence-corrected chi connectivity index (χ3v) is 4.42. The van der Waals surface area contributed by atoms with Crippen LogP contribution in [0.25, 0.3) is 10.9 Å². The fourth-order valence-electron chi connectivity index (χ4n) is 2.18. The summed E-state index contributed by atoms with van der Waals surface area (Å²) in [6, 6.07) is 12.0. The van der Waals surface area contributed by atoms with Gasteiger partial charge in [0.05, 0.1) is 9.50 Å². The molecule has 6 heteroatoms. The lowest BCUT2D eigenvalue weighted by Crippen LogP contribution is -2.23. The summed E-state index contributed by atoms with van der Waals surface area (Å²) in [4.78, 5) is 15.4. The van der Waals surface area contributed by atoms with E-state index >= 15 is 0 Å². The number of hydrogen-bond donors (Lipinski definition) is 2. The smallest absolute Gasteiger partial charge is 0.269 e. The van der Waals surface area contributed by atoms with Crippen molar-refractivity contribution in [2.24, 2.45) is 0 Å². The van der Waals surface area contributed by atoms with Crippen LogP contribution >= 0.6 is 27.5 Å². The molecule has 22 heavy (non-hydrogen) atoms. The van der Waals surface area contributed by atoms with Gasteiger partial charge in [0, 0.05) is 17.4 Å². The number of carbonyl (C=O) groups is 1. The molecular formula is C16H11BrClFN2O. The van der Waals surface area contributed by atoms with Crippen molar-refractivity contribution >= 4 is 44.3 Å². The van der Waals surface area contributed by atoms with E-state index in [4.69, 9.17) is 11.6 Å². The number of para-hydroxylation sites is 1. The van der Waals surface area contributed by atoms with Crippen LogP contribution in [0.4, 0.5) is 4.39 Å². The molecule has 0 radical (unpaired) electrons. The summed E-state index contributed by atoms with van der Waals surface area (Å²) in [6.45, 7) is 0.265. The Morgan fingerprint density at radius 1 is 1.27 bits per heavy atom. The quantitative estimate of drug-likeness (QED) is 0.681. The van der Waals surface area contributed by atoms with Gasteiger partial charge in [0.15, 0.2) is 0 Å². The third-order valence-electron chi connectivity index (χ3n) is 3.31. The fourth-order valence-corrected chi connectivity index (χ4v) is 3.01. The van der Waals surface area contributed by atoms with Crippen LogP contribution in [0.3, 0.4) is 0 Å². The minimum Gasteiger partial charge on any atom is -0.350 e. The van der Waals surface area contributed by atoms with Crippen LogP contribution < -0.4 is 5.32 Å². The number of benzene rings is 2. The molecule has 2 N–H and O–H groups in total. The highest BCUT2D eigenvalue weighted by Crippen LogP contribution is 2.27. The van der Waals surface area contributed by atoms with Crippen molar-refractivity contribution in [1.29, 1.82) is 0 Å². The average Bonchev–Trinajstić information content (AvgIpc) is 2.86. The van der Waals surface area contributed by atoms with Crippen LogP contribution in [0.5, 0.6) is 0 Å². The maximum atomic E-state index is 13.1. The molecule has 0 unspecified atom stereocenters. The monoisotopic (exact) mass is 380 g/mol. The topological polar surface area (TPSA) is 44.9 Å². The molecule has 0 spiro atoms. The maximum Gasteiger partial charge on any atom is 0.269 e. The van der Waals surface area contributed by atoms with Crippen molar-refractivity contribution in [1.82, 2.24) is 10.3 Å². The molecule has 3 rings (SSSR count). The Kier molecular flexibility index (Phi) is 4.18. The molecule has 0 aliphatic heterocycles. The van der Waals surface area contributed by atoms with Gasteiger partial charge in [-0.2, -0.15) is 0 Å². The first-order valence-corrected chi connectivity index (χ1v) is 7.71. The van der Waals surface area contributed by atoms with Gasteiger partial charge in [0.25, 0.3) is 5.91 Å². The van der Waals surface area contributed by atoms with Gasteiger partial charge >= 0.3 is 0 Å². The Morgan fingerprint density at radius 3 is 2.77 bits per heavy atom. The van der Waals surface area contributed by atoms with Crippen molar-refractivity contribution in [3.63, 3.8) is 0 Å². The number of fused-ring (bicyclic) bond motifs is 1. The molecule has 112 valence electrons. The van der Waals surface area contributed by atoms with Gasteiger partial charge in [0.2, 0.25) is 0 Å². The molecule has 0 aliphatic rings. The van der Waals surface area contributed by atoms with Crippen molar-refractivity contribution in [2.75, 3.05) is 0 Å². The van der Waals surface area contributed by atoms with Crippen molar-refractivity contribution in [3.05, 3.63) is 69.0 Å². The van der Waals surface area contributed by atoms with Crippen LogP contribution in [0, 0.1) is 5.82 Å². The molecule has 0 saturated carbocycles. The first kappa shape index (κ1) is 15.1. The molecule has 0 saturated heterocycles.